The van der Waals surface area contributed by atoms with Crippen molar-refractivity contribution < 1.29 is 13.9 Å². The molecule has 0 unspecified atom stereocenters. The van der Waals surface area contributed by atoms with E-state index < -0.39 is 0 Å². The Labute approximate surface area is 140 Å². The number of nitrogens with one attached hydrogen (secondary N) is 1. The Morgan fingerprint density at radius 1 is 1.22 bits per heavy atom. The Morgan fingerprint density at radius 3 is 2.61 bits per heavy atom. The average molecular weight is 336 g/mol. The zero-order chi connectivity index (χ0) is 16.7. The van der Waals surface area contributed by atoms with Crippen molar-refractivity contribution >= 4 is 11.6 Å². The molecule has 0 saturated heterocycles. The zero-order valence-electron chi connectivity index (χ0n) is 12.9. The summed E-state index contributed by atoms with van der Waals surface area (Å²) in [6, 6.07) is 9.84. The highest BCUT2D eigenvalue weighted by Gasteiger charge is 2.12. The largest absolute Gasteiger partial charge is 0.493 e. The van der Waals surface area contributed by atoms with E-state index in [1.807, 2.05) is 12.1 Å². The van der Waals surface area contributed by atoms with Crippen LogP contribution in [-0.4, -0.2) is 13.7 Å². The predicted molar refractivity (Wildman–Crippen MR) is 90.6 cm³/mol. The van der Waals surface area contributed by atoms with E-state index in [2.05, 4.69) is 11.9 Å². The second-order valence-electron chi connectivity index (χ2n) is 4.94. The molecule has 0 aliphatic carbocycles. The first-order chi connectivity index (χ1) is 11.1. The van der Waals surface area contributed by atoms with E-state index in [1.165, 1.54) is 12.1 Å². The Hall–Kier alpha value is -2.04. The molecule has 23 heavy (non-hydrogen) atoms. The van der Waals surface area contributed by atoms with Gasteiger partial charge in [-0.15, -0.1) is 6.58 Å². The van der Waals surface area contributed by atoms with Gasteiger partial charge < -0.3 is 14.8 Å². The first-order valence-corrected chi connectivity index (χ1v) is 7.57. The maximum atomic E-state index is 12.9. The quantitative estimate of drug-likeness (QED) is 0.575. The van der Waals surface area contributed by atoms with E-state index in [1.54, 1.807) is 25.3 Å². The van der Waals surface area contributed by atoms with E-state index in [0.717, 1.165) is 11.1 Å². The summed E-state index contributed by atoms with van der Waals surface area (Å²) in [6.45, 7) is 5.31. The summed E-state index contributed by atoms with van der Waals surface area (Å²) in [5.41, 5.74) is 1.84. The van der Waals surface area contributed by atoms with E-state index in [-0.39, 0.29) is 12.4 Å². The highest BCUT2D eigenvalue weighted by molar-refractivity contribution is 6.32. The molecule has 0 saturated carbocycles. The predicted octanol–water partition coefficient (Wildman–Crippen LogP) is 4.34. The molecule has 0 aromatic heterocycles. The second kappa shape index (κ2) is 8.56. The van der Waals surface area contributed by atoms with Gasteiger partial charge in [0.05, 0.1) is 12.1 Å². The van der Waals surface area contributed by atoms with Gasteiger partial charge in [0, 0.05) is 13.1 Å². The van der Waals surface area contributed by atoms with Gasteiger partial charge in [0.1, 0.15) is 12.4 Å². The van der Waals surface area contributed by atoms with Crippen molar-refractivity contribution in [2.45, 2.75) is 13.2 Å². The molecule has 122 valence electrons. The first kappa shape index (κ1) is 17.3. The summed E-state index contributed by atoms with van der Waals surface area (Å²) in [4.78, 5) is 0. The summed E-state index contributed by atoms with van der Waals surface area (Å²) in [6.07, 6.45) is 1.79. The van der Waals surface area contributed by atoms with Crippen LogP contribution in [0.5, 0.6) is 11.5 Å². The fourth-order valence-electron chi connectivity index (χ4n) is 2.07. The number of methoxy groups -OCH3 is 1. The third-order valence-corrected chi connectivity index (χ3v) is 3.48. The molecule has 0 spiro atoms. The third kappa shape index (κ3) is 4.98. The second-order valence-corrected chi connectivity index (χ2v) is 5.35. The van der Waals surface area contributed by atoms with Crippen LogP contribution in [0.15, 0.2) is 49.1 Å². The number of benzene rings is 2. The third-order valence-electron chi connectivity index (χ3n) is 3.20. The van der Waals surface area contributed by atoms with Crippen molar-refractivity contribution in [1.29, 1.82) is 0 Å². The van der Waals surface area contributed by atoms with Crippen molar-refractivity contribution in [3.8, 4) is 11.5 Å². The normalized spacial score (nSPS) is 10.4. The topological polar surface area (TPSA) is 30.5 Å². The lowest BCUT2D eigenvalue weighted by molar-refractivity contribution is 0.284. The van der Waals surface area contributed by atoms with E-state index in [0.29, 0.717) is 29.6 Å². The molecule has 0 amide bonds. The van der Waals surface area contributed by atoms with Gasteiger partial charge in [-0.1, -0.05) is 29.8 Å². The Bertz CT molecular complexity index is 659. The van der Waals surface area contributed by atoms with Crippen molar-refractivity contribution in [2.24, 2.45) is 0 Å². The highest BCUT2D eigenvalue weighted by atomic mass is 35.5. The lowest BCUT2D eigenvalue weighted by atomic mass is 10.2. The van der Waals surface area contributed by atoms with Gasteiger partial charge in [-0.25, -0.2) is 4.39 Å². The van der Waals surface area contributed by atoms with Crippen molar-refractivity contribution in [3.05, 3.63) is 71.0 Å². The van der Waals surface area contributed by atoms with Crippen LogP contribution >= 0.6 is 11.6 Å². The van der Waals surface area contributed by atoms with Gasteiger partial charge in [0.25, 0.3) is 0 Å². The molecule has 0 atom stereocenters. The highest BCUT2D eigenvalue weighted by Crippen LogP contribution is 2.37. The van der Waals surface area contributed by atoms with Crippen LogP contribution in [0.4, 0.5) is 4.39 Å². The first-order valence-electron chi connectivity index (χ1n) is 7.19. The van der Waals surface area contributed by atoms with Crippen molar-refractivity contribution in [3.63, 3.8) is 0 Å². The van der Waals surface area contributed by atoms with Gasteiger partial charge >= 0.3 is 0 Å². The molecule has 3 nitrogen and oxygen atoms in total. The van der Waals surface area contributed by atoms with Gasteiger partial charge in [-0.05, 0) is 35.4 Å². The van der Waals surface area contributed by atoms with Crippen LogP contribution in [0.1, 0.15) is 11.1 Å². The molecule has 0 fully saturated rings. The van der Waals surface area contributed by atoms with Gasteiger partial charge in [0.2, 0.25) is 0 Å². The number of rotatable bonds is 8. The maximum absolute atomic E-state index is 12.9. The summed E-state index contributed by atoms with van der Waals surface area (Å²) in [7, 11) is 1.57. The Balaban J connectivity index is 2.10. The molecule has 0 aliphatic heterocycles. The van der Waals surface area contributed by atoms with Gasteiger partial charge in [0.15, 0.2) is 11.5 Å². The van der Waals surface area contributed by atoms with E-state index in [4.69, 9.17) is 21.1 Å². The fraction of sp³-hybridized carbons (Fsp3) is 0.222. The number of halogens is 2. The average Bonchev–Trinajstić information content (AvgIpc) is 2.55. The summed E-state index contributed by atoms with van der Waals surface area (Å²) < 4.78 is 24.0. The summed E-state index contributed by atoms with van der Waals surface area (Å²) in [5, 5.41) is 3.68. The summed E-state index contributed by atoms with van der Waals surface area (Å²) >= 11 is 6.30. The minimum absolute atomic E-state index is 0.277. The smallest absolute Gasteiger partial charge is 0.180 e. The van der Waals surface area contributed by atoms with Crippen molar-refractivity contribution in [2.75, 3.05) is 13.7 Å². The minimum atomic E-state index is -0.277. The molecule has 0 radical (unpaired) electrons. The van der Waals surface area contributed by atoms with E-state index >= 15 is 0 Å². The summed E-state index contributed by atoms with van der Waals surface area (Å²) in [5.74, 6) is 0.765. The number of hydrogen-bond acceptors (Lipinski definition) is 3. The fourth-order valence-corrected chi connectivity index (χ4v) is 2.36. The number of ether oxygens (including phenoxy) is 2. The molecule has 1 N–H and O–H groups in total. The minimum Gasteiger partial charge on any atom is -0.493 e. The van der Waals surface area contributed by atoms with Gasteiger partial charge in [-0.3, -0.25) is 0 Å². The SMILES string of the molecule is C=CCNCc1cc(Cl)c(OCc2ccc(F)cc2)c(OC)c1. The Morgan fingerprint density at radius 2 is 1.96 bits per heavy atom. The molecule has 0 heterocycles. The molecule has 2 rings (SSSR count). The van der Waals surface area contributed by atoms with Gasteiger partial charge in [-0.2, -0.15) is 0 Å². The number of hydrogen-bond donors (Lipinski definition) is 1. The van der Waals surface area contributed by atoms with Crippen LogP contribution in [0, 0.1) is 5.82 Å². The van der Waals surface area contributed by atoms with Crippen LogP contribution in [0.25, 0.3) is 0 Å². The molecule has 0 aliphatic rings. The monoisotopic (exact) mass is 335 g/mol. The standard InChI is InChI=1S/C18H19ClFNO2/c1-3-8-21-11-14-9-16(19)18(17(10-14)22-2)23-12-13-4-6-15(20)7-5-13/h3-7,9-10,21H,1,8,11-12H2,2H3. The molecule has 0 bridgehead atoms. The molecular weight excluding hydrogens is 317 g/mol. The van der Waals surface area contributed by atoms with Crippen LogP contribution in [-0.2, 0) is 13.2 Å². The maximum Gasteiger partial charge on any atom is 0.180 e. The lowest BCUT2D eigenvalue weighted by Gasteiger charge is -2.14. The molecule has 5 heteroatoms. The molecular formula is C18H19ClFNO2. The molecule has 2 aromatic carbocycles. The molecule has 2 aromatic rings. The Kier molecular flexibility index (Phi) is 6.44. The van der Waals surface area contributed by atoms with Crippen LogP contribution in [0.3, 0.4) is 0 Å². The zero-order valence-corrected chi connectivity index (χ0v) is 13.7. The van der Waals surface area contributed by atoms with Crippen LogP contribution in [0.2, 0.25) is 5.02 Å². The van der Waals surface area contributed by atoms with E-state index in [9.17, 15) is 4.39 Å². The lowest BCUT2D eigenvalue weighted by Crippen LogP contribution is -2.12. The van der Waals surface area contributed by atoms with Crippen molar-refractivity contribution in [1.82, 2.24) is 5.32 Å². The van der Waals surface area contributed by atoms with Crippen LogP contribution < -0.4 is 14.8 Å².